The van der Waals surface area contributed by atoms with E-state index in [-0.39, 0.29) is 6.29 Å². The van der Waals surface area contributed by atoms with Crippen molar-refractivity contribution < 1.29 is 28.8 Å². The van der Waals surface area contributed by atoms with Crippen molar-refractivity contribution in [3.8, 4) is 17.2 Å². The van der Waals surface area contributed by atoms with E-state index in [2.05, 4.69) is 0 Å². The zero-order chi connectivity index (χ0) is 15.9. The fourth-order valence-electron chi connectivity index (χ4n) is 2.47. The third-order valence-corrected chi connectivity index (χ3v) is 3.67. The van der Waals surface area contributed by atoms with Crippen molar-refractivity contribution in [3.05, 3.63) is 17.7 Å². The first-order valence-electron chi connectivity index (χ1n) is 7.40. The molecule has 1 saturated heterocycles. The molecule has 1 aliphatic rings. The number of aliphatic hydroxyl groups excluding tert-OH is 1. The smallest absolute Gasteiger partial charge is 0.164 e. The van der Waals surface area contributed by atoms with Gasteiger partial charge in [0.05, 0.1) is 40.6 Å². The molecule has 0 amide bonds. The van der Waals surface area contributed by atoms with E-state index in [0.29, 0.717) is 48.9 Å². The lowest BCUT2D eigenvalue weighted by molar-refractivity contribution is -0.183. The van der Waals surface area contributed by atoms with E-state index < -0.39 is 6.10 Å². The van der Waals surface area contributed by atoms with E-state index in [1.165, 1.54) is 0 Å². The van der Waals surface area contributed by atoms with Crippen LogP contribution in [-0.2, 0) is 9.47 Å². The highest BCUT2D eigenvalue weighted by atomic mass is 16.7. The molecule has 1 aromatic rings. The number of benzene rings is 1. The highest BCUT2D eigenvalue weighted by Gasteiger charge is 2.21. The van der Waals surface area contributed by atoms with Crippen LogP contribution in [-0.4, -0.2) is 45.9 Å². The van der Waals surface area contributed by atoms with Gasteiger partial charge in [-0.15, -0.1) is 0 Å². The Morgan fingerprint density at radius 1 is 1.05 bits per heavy atom. The van der Waals surface area contributed by atoms with Gasteiger partial charge in [0.1, 0.15) is 5.75 Å². The molecule has 1 atom stereocenters. The van der Waals surface area contributed by atoms with Crippen LogP contribution in [0.5, 0.6) is 17.2 Å². The van der Waals surface area contributed by atoms with Gasteiger partial charge < -0.3 is 28.8 Å². The van der Waals surface area contributed by atoms with Crippen LogP contribution < -0.4 is 14.2 Å². The summed E-state index contributed by atoms with van der Waals surface area (Å²) >= 11 is 0. The van der Waals surface area contributed by atoms with Crippen molar-refractivity contribution in [3.63, 3.8) is 0 Å². The Morgan fingerprint density at radius 3 is 2.23 bits per heavy atom. The molecule has 1 heterocycles. The van der Waals surface area contributed by atoms with Gasteiger partial charge in [-0.2, -0.15) is 0 Å². The Labute approximate surface area is 130 Å². The summed E-state index contributed by atoms with van der Waals surface area (Å²) in [4.78, 5) is 0. The van der Waals surface area contributed by atoms with Crippen LogP contribution in [0.2, 0.25) is 0 Å². The Balaban J connectivity index is 2.08. The molecule has 124 valence electrons. The average Bonchev–Trinajstić information content (AvgIpc) is 2.59. The third-order valence-electron chi connectivity index (χ3n) is 3.67. The number of methoxy groups -OCH3 is 3. The van der Waals surface area contributed by atoms with Crippen LogP contribution in [0.25, 0.3) is 0 Å². The summed E-state index contributed by atoms with van der Waals surface area (Å²) < 4.78 is 26.8. The summed E-state index contributed by atoms with van der Waals surface area (Å²) in [6, 6.07) is 3.45. The molecule has 0 aromatic heterocycles. The lowest BCUT2D eigenvalue weighted by Crippen LogP contribution is -2.25. The summed E-state index contributed by atoms with van der Waals surface area (Å²) in [6.07, 6.45) is 1.12. The van der Waals surface area contributed by atoms with E-state index >= 15 is 0 Å². The van der Waals surface area contributed by atoms with E-state index in [9.17, 15) is 5.11 Å². The standard InChI is InChI=1S/C16H24O6/c1-18-13-10-15(20-3)14(19-2)9-11(13)12(17)5-6-16-21-7-4-8-22-16/h9-10,12,16-17H,4-8H2,1-3H3/t12-/m0/s1. The molecule has 1 fully saturated rings. The summed E-state index contributed by atoms with van der Waals surface area (Å²) in [5.74, 6) is 1.69. The lowest BCUT2D eigenvalue weighted by Gasteiger charge is -2.24. The number of hydrogen-bond acceptors (Lipinski definition) is 6. The van der Waals surface area contributed by atoms with Gasteiger partial charge in [-0.1, -0.05) is 0 Å². The number of hydrogen-bond donors (Lipinski definition) is 1. The minimum Gasteiger partial charge on any atom is -0.496 e. The normalized spacial score (nSPS) is 17.1. The van der Waals surface area contributed by atoms with E-state index in [0.717, 1.165) is 6.42 Å². The fourth-order valence-corrected chi connectivity index (χ4v) is 2.47. The largest absolute Gasteiger partial charge is 0.496 e. The number of rotatable bonds is 7. The van der Waals surface area contributed by atoms with E-state index in [1.54, 1.807) is 33.5 Å². The van der Waals surface area contributed by atoms with Gasteiger partial charge >= 0.3 is 0 Å². The van der Waals surface area contributed by atoms with Gasteiger partial charge in [-0.05, 0) is 18.9 Å². The molecular weight excluding hydrogens is 288 g/mol. The first-order chi connectivity index (χ1) is 10.7. The van der Waals surface area contributed by atoms with Gasteiger partial charge in [0.15, 0.2) is 17.8 Å². The topological polar surface area (TPSA) is 66.4 Å². The predicted molar refractivity (Wildman–Crippen MR) is 80.6 cm³/mol. The first kappa shape index (κ1) is 16.9. The highest BCUT2D eigenvalue weighted by Crippen LogP contribution is 2.38. The molecule has 1 aliphatic heterocycles. The van der Waals surface area contributed by atoms with Crippen molar-refractivity contribution in [2.75, 3.05) is 34.5 Å². The monoisotopic (exact) mass is 312 g/mol. The van der Waals surface area contributed by atoms with Gasteiger partial charge in [0.2, 0.25) is 0 Å². The van der Waals surface area contributed by atoms with Gasteiger partial charge in [0, 0.05) is 18.1 Å². The van der Waals surface area contributed by atoms with Crippen molar-refractivity contribution in [2.45, 2.75) is 31.7 Å². The molecule has 0 aliphatic carbocycles. The van der Waals surface area contributed by atoms with Crippen molar-refractivity contribution >= 4 is 0 Å². The van der Waals surface area contributed by atoms with Crippen LogP contribution >= 0.6 is 0 Å². The van der Waals surface area contributed by atoms with Gasteiger partial charge in [0.25, 0.3) is 0 Å². The summed E-state index contributed by atoms with van der Waals surface area (Å²) in [5, 5.41) is 10.5. The summed E-state index contributed by atoms with van der Waals surface area (Å²) in [7, 11) is 4.68. The van der Waals surface area contributed by atoms with Crippen LogP contribution in [0.3, 0.4) is 0 Å². The average molecular weight is 312 g/mol. The Hall–Kier alpha value is -1.50. The van der Waals surface area contributed by atoms with E-state index in [4.69, 9.17) is 23.7 Å². The molecule has 0 saturated carbocycles. The zero-order valence-electron chi connectivity index (χ0n) is 13.3. The summed E-state index contributed by atoms with van der Waals surface area (Å²) in [5.41, 5.74) is 0.663. The third kappa shape index (κ3) is 4.03. The minimum atomic E-state index is -0.691. The quantitative estimate of drug-likeness (QED) is 0.833. The molecule has 6 nitrogen and oxygen atoms in total. The molecule has 22 heavy (non-hydrogen) atoms. The maximum Gasteiger partial charge on any atom is 0.164 e. The molecule has 0 bridgehead atoms. The molecule has 1 aromatic carbocycles. The maximum atomic E-state index is 10.5. The Bertz CT molecular complexity index is 470. The Kier molecular flexibility index (Phi) is 6.30. The van der Waals surface area contributed by atoms with Crippen LogP contribution in [0.1, 0.15) is 30.9 Å². The second kappa shape index (κ2) is 8.22. The second-order valence-electron chi connectivity index (χ2n) is 5.07. The van der Waals surface area contributed by atoms with Gasteiger partial charge in [-0.3, -0.25) is 0 Å². The Morgan fingerprint density at radius 2 is 1.64 bits per heavy atom. The van der Waals surface area contributed by atoms with Crippen LogP contribution in [0.15, 0.2) is 12.1 Å². The molecule has 0 unspecified atom stereocenters. The lowest BCUT2D eigenvalue weighted by atomic mass is 10.0. The van der Waals surface area contributed by atoms with Crippen molar-refractivity contribution in [1.29, 1.82) is 0 Å². The molecule has 2 rings (SSSR count). The molecule has 6 heteroatoms. The molecular formula is C16H24O6. The van der Waals surface area contributed by atoms with Gasteiger partial charge in [-0.25, -0.2) is 0 Å². The SMILES string of the molecule is COc1cc(OC)c([C@@H](O)CCC2OCCCO2)cc1OC. The fraction of sp³-hybridized carbons (Fsp3) is 0.625. The number of aliphatic hydroxyl groups is 1. The second-order valence-corrected chi connectivity index (χ2v) is 5.07. The van der Waals surface area contributed by atoms with E-state index in [1.807, 2.05) is 0 Å². The van der Waals surface area contributed by atoms with Crippen LogP contribution in [0, 0.1) is 0 Å². The molecule has 0 radical (unpaired) electrons. The van der Waals surface area contributed by atoms with Crippen molar-refractivity contribution in [1.82, 2.24) is 0 Å². The maximum absolute atomic E-state index is 10.5. The molecule has 1 N–H and O–H groups in total. The zero-order valence-corrected chi connectivity index (χ0v) is 13.3. The van der Waals surface area contributed by atoms with Crippen LogP contribution in [0.4, 0.5) is 0 Å². The highest BCUT2D eigenvalue weighted by molar-refractivity contribution is 5.51. The summed E-state index contributed by atoms with van der Waals surface area (Å²) in [6.45, 7) is 1.42. The first-order valence-corrected chi connectivity index (χ1v) is 7.40. The van der Waals surface area contributed by atoms with Crippen molar-refractivity contribution in [2.24, 2.45) is 0 Å². The number of ether oxygens (including phenoxy) is 5. The minimum absolute atomic E-state index is 0.241. The molecule has 0 spiro atoms. The predicted octanol–water partition coefficient (Wildman–Crippen LogP) is 2.29.